The highest BCUT2D eigenvalue weighted by Crippen LogP contribution is 2.32. The second-order valence-electron chi connectivity index (χ2n) is 7.13. The van der Waals surface area contributed by atoms with Gasteiger partial charge < -0.3 is 20.3 Å². The number of amides is 1. The van der Waals surface area contributed by atoms with Gasteiger partial charge in [-0.05, 0) is 69.1 Å². The molecule has 1 amide bonds. The first-order chi connectivity index (χ1) is 14.3. The molecule has 1 unspecified atom stereocenters. The molecule has 1 aliphatic rings. The highest BCUT2D eigenvalue weighted by atomic mass is 32.1. The van der Waals surface area contributed by atoms with Gasteiger partial charge in [-0.1, -0.05) is 18.2 Å². The van der Waals surface area contributed by atoms with Gasteiger partial charge in [0.15, 0.2) is 5.11 Å². The smallest absolute Gasteiger partial charge is 0.338 e. The minimum absolute atomic E-state index is 0.148. The zero-order chi connectivity index (χ0) is 21.8. The summed E-state index contributed by atoms with van der Waals surface area (Å²) in [6, 6.07) is 10.6. The molecule has 2 heterocycles. The Kier molecular flexibility index (Phi) is 6.89. The van der Waals surface area contributed by atoms with Crippen molar-refractivity contribution in [1.82, 2.24) is 10.2 Å². The molecule has 0 spiro atoms. The van der Waals surface area contributed by atoms with E-state index in [2.05, 4.69) is 10.6 Å². The summed E-state index contributed by atoms with van der Waals surface area (Å²) in [5, 5.41) is 8.57. The largest absolute Gasteiger partial charge is 0.459 e. The molecule has 0 aliphatic carbocycles. The summed E-state index contributed by atoms with van der Waals surface area (Å²) in [6.07, 6.45) is -0.225. The first-order valence-corrected chi connectivity index (χ1v) is 11.0. The van der Waals surface area contributed by atoms with Crippen LogP contribution in [0, 0.1) is 0 Å². The van der Waals surface area contributed by atoms with Crippen molar-refractivity contribution in [3.05, 3.63) is 63.5 Å². The van der Waals surface area contributed by atoms with Gasteiger partial charge in [-0.3, -0.25) is 4.79 Å². The number of esters is 1. The number of hydrogen-bond acceptors (Lipinski definition) is 5. The van der Waals surface area contributed by atoms with Crippen LogP contribution in [-0.2, 0) is 9.53 Å². The van der Waals surface area contributed by atoms with E-state index in [1.807, 2.05) is 68.3 Å². The van der Waals surface area contributed by atoms with E-state index in [4.69, 9.17) is 17.0 Å². The summed E-state index contributed by atoms with van der Waals surface area (Å²) < 4.78 is 5.50. The molecule has 2 aromatic rings. The Morgan fingerprint density at radius 1 is 1.27 bits per heavy atom. The molecule has 1 aromatic heterocycles. The van der Waals surface area contributed by atoms with Crippen LogP contribution in [-0.4, -0.2) is 34.5 Å². The molecule has 8 heteroatoms. The molecule has 0 saturated carbocycles. The quantitative estimate of drug-likeness (QED) is 0.507. The van der Waals surface area contributed by atoms with Crippen molar-refractivity contribution in [1.29, 1.82) is 0 Å². The molecule has 2 N–H and O–H groups in total. The second kappa shape index (κ2) is 9.40. The fraction of sp³-hybridized carbons (Fsp3) is 0.318. The topological polar surface area (TPSA) is 70.7 Å². The van der Waals surface area contributed by atoms with E-state index in [0.717, 1.165) is 11.3 Å². The molecule has 1 atom stereocenters. The third-order valence-electron chi connectivity index (χ3n) is 4.72. The highest BCUT2D eigenvalue weighted by Gasteiger charge is 2.34. The Bertz CT molecular complexity index is 966. The van der Waals surface area contributed by atoms with Crippen molar-refractivity contribution in [2.45, 2.75) is 39.8 Å². The molecule has 1 aliphatic heterocycles. The SMILES string of the molecule is CCN1C(=S)NC(c2ccc(NC(=O)c3cccs3)cc2)C(C(=O)OC(C)C)=C1C. The van der Waals surface area contributed by atoms with Crippen LogP contribution in [0.4, 0.5) is 5.69 Å². The lowest BCUT2D eigenvalue weighted by Gasteiger charge is -2.37. The second-order valence-corrected chi connectivity index (χ2v) is 8.47. The van der Waals surface area contributed by atoms with E-state index in [1.54, 1.807) is 6.07 Å². The van der Waals surface area contributed by atoms with Crippen LogP contribution in [0.5, 0.6) is 0 Å². The van der Waals surface area contributed by atoms with Crippen LogP contribution >= 0.6 is 23.6 Å². The number of anilines is 1. The number of carbonyl (C=O) groups excluding carboxylic acids is 2. The summed E-state index contributed by atoms with van der Waals surface area (Å²) >= 11 is 6.90. The summed E-state index contributed by atoms with van der Waals surface area (Å²) in [4.78, 5) is 27.7. The number of nitrogens with zero attached hydrogens (tertiary/aromatic N) is 1. The molecule has 6 nitrogen and oxygen atoms in total. The Labute approximate surface area is 185 Å². The van der Waals surface area contributed by atoms with Crippen molar-refractivity contribution in [2.24, 2.45) is 0 Å². The van der Waals surface area contributed by atoms with E-state index in [-0.39, 0.29) is 18.0 Å². The van der Waals surface area contributed by atoms with Gasteiger partial charge in [-0.25, -0.2) is 4.79 Å². The third-order valence-corrected chi connectivity index (χ3v) is 5.93. The van der Waals surface area contributed by atoms with Crippen LogP contribution < -0.4 is 10.6 Å². The van der Waals surface area contributed by atoms with E-state index in [9.17, 15) is 9.59 Å². The summed E-state index contributed by atoms with van der Waals surface area (Å²) in [5.74, 6) is -0.513. The van der Waals surface area contributed by atoms with Crippen molar-refractivity contribution in [2.75, 3.05) is 11.9 Å². The van der Waals surface area contributed by atoms with E-state index >= 15 is 0 Å². The maximum absolute atomic E-state index is 12.9. The number of allylic oxidation sites excluding steroid dienone is 1. The zero-order valence-corrected chi connectivity index (χ0v) is 19.0. The molecular formula is C22H25N3O3S2. The van der Waals surface area contributed by atoms with Gasteiger partial charge >= 0.3 is 5.97 Å². The van der Waals surface area contributed by atoms with Gasteiger partial charge in [0.1, 0.15) is 0 Å². The Morgan fingerprint density at radius 2 is 1.97 bits per heavy atom. The van der Waals surface area contributed by atoms with Crippen LogP contribution in [0.25, 0.3) is 0 Å². The lowest BCUT2D eigenvalue weighted by Crippen LogP contribution is -2.47. The predicted octanol–water partition coefficient (Wildman–Crippen LogP) is 4.48. The predicted molar refractivity (Wildman–Crippen MR) is 123 cm³/mol. The molecule has 0 radical (unpaired) electrons. The highest BCUT2D eigenvalue weighted by molar-refractivity contribution is 7.80. The molecule has 3 rings (SSSR count). The average Bonchev–Trinajstić information content (AvgIpc) is 3.23. The number of nitrogens with one attached hydrogen (secondary N) is 2. The van der Waals surface area contributed by atoms with Crippen LogP contribution in [0.3, 0.4) is 0 Å². The van der Waals surface area contributed by atoms with Gasteiger partial charge in [0, 0.05) is 17.9 Å². The van der Waals surface area contributed by atoms with Crippen LogP contribution in [0.1, 0.15) is 49.0 Å². The number of thiocarbonyl (C=S) groups is 1. The van der Waals surface area contributed by atoms with Gasteiger partial charge in [0.05, 0.1) is 22.6 Å². The molecule has 158 valence electrons. The van der Waals surface area contributed by atoms with Crippen molar-refractivity contribution >= 4 is 46.2 Å². The number of carbonyl (C=O) groups is 2. The average molecular weight is 444 g/mol. The van der Waals surface area contributed by atoms with Gasteiger partial charge in [-0.2, -0.15) is 0 Å². The first kappa shape index (κ1) is 22.0. The molecule has 0 saturated heterocycles. The summed E-state index contributed by atoms with van der Waals surface area (Å²) in [6.45, 7) is 8.17. The van der Waals surface area contributed by atoms with Gasteiger partial charge in [0.2, 0.25) is 0 Å². The monoisotopic (exact) mass is 443 g/mol. The van der Waals surface area contributed by atoms with Gasteiger partial charge in [0.25, 0.3) is 5.91 Å². The van der Waals surface area contributed by atoms with E-state index in [0.29, 0.717) is 27.8 Å². The van der Waals surface area contributed by atoms with Crippen LogP contribution in [0.15, 0.2) is 53.0 Å². The molecular weight excluding hydrogens is 418 g/mol. The Balaban J connectivity index is 1.88. The minimum Gasteiger partial charge on any atom is -0.459 e. The first-order valence-electron chi connectivity index (χ1n) is 9.76. The molecule has 1 aromatic carbocycles. The third kappa shape index (κ3) is 4.71. The lowest BCUT2D eigenvalue weighted by molar-refractivity contribution is -0.143. The number of thiophene rings is 1. The standard InChI is InChI=1S/C22H25N3O3S2/c1-5-25-14(4)18(21(27)28-13(2)3)19(24-22(25)29)15-8-10-16(11-9-15)23-20(26)17-7-6-12-30-17/h6-13,19H,5H2,1-4H3,(H,23,26)(H,24,29). The Hall–Kier alpha value is -2.71. The van der Waals surface area contributed by atoms with Gasteiger partial charge in [-0.15, -0.1) is 11.3 Å². The van der Waals surface area contributed by atoms with Crippen molar-refractivity contribution in [3.63, 3.8) is 0 Å². The lowest BCUT2D eigenvalue weighted by atomic mass is 9.94. The molecule has 0 fully saturated rings. The van der Waals surface area contributed by atoms with E-state index < -0.39 is 6.04 Å². The molecule has 0 bridgehead atoms. The van der Waals surface area contributed by atoms with Crippen molar-refractivity contribution in [3.8, 4) is 0 Å². The Morgan fingerprint density at radius 3 is 2.53 bits per heavy atom. The number of benzene rings is 1. The van der Waals surface area contributed by atoms with Crippen LogP contribution in [0.2, 0.25) is 0 Å². The molecule has 30 heavy (non-hydrogen) atoms. The normalized spacial score (nSPS) is 16.5. The number of hydrogen-bond donors (Lipinski definition) is 2. The number of ether oxygens (including phenoxy) is 1. The fourth-order valence-electron chi connectivity index (χ4n) is 3.31. The summed E-state index contributed by atoms with van der Waals surface area (Å²) in [5.41, 5.74) is 2.86. The fourth-order valence-corrected chi connectivity index (χ4v) is 4.32. The zero-order valence-electron chi connectivity index (χ0n) is 17.4. The summed E-state index contributed by atoms with van der Waals surface area (Å²) in [7, 11) is 0. The maximum Gasteiger partial charge on any atom is 0.338 e. The maximum atomic E-state index is 12.9. The number of rotatable bonds is 6. The minimum atomic E-state index is -0.423. The van der Waals surface area contributed by atoms with Crippen molar-refractivity contribution < 1.29 is 14.3 Å². The van der Waals surface area contributed by atoms with E-state index in [1.165, 1.54) is 11.3 Å².